The number of anilines is 1. The van der Waals surface area contributed by atoms with E-state index in [1.54, 1.807) is 30.5 Å². The molecule has 0 fully saturated rings. The van der Waals surface area contributed by atoms with E-state index in [2.05, 4.69) is 42.2 Å². The van der Waals surface area contributed by atoms with Crippen LogP contribution in [-0.4, -0.2) is 17.5 Å². The van der Waals surface area contributed by atoms with Crippen molar-refractivity contribution in [3.63, 3.8) is 0 Å². The lowest BCUT2D eigenvalue weighted by atomic mass is 10.2. The molecule has 5 nitrogen and oxygen atoms in total. The van der Waals surface area contributed by atoms with Crippen molar-refractivity contribution in [1.29, 1.82) is 5.26 Å². The molecule has 3 aromatic rings. The molecule has 0 aliphatic rings. The minimum absolute atomic E-state index is 0.178. The minimum atomic E-state index is -0.325. The second kappa shape index (κ2) is 7.64. The molecule has 0 atom stereocenters. The van der Waals surface area contributed by atoms with Gasteiger partial charge in [0, 0.05) is 21.7 Å². The molecular formula is C18H11Br2N3O2. The molecule has 3 rings (SSSR count). The van der Waals surface area contributed by atoms with Gasteiger partial charge in [0.15, 0.2) is 12.4 Å². The first-order chi connectivity index (χ1) is 12.1. The number of ether oxygens (including phenoxy) is 1. The van der Waals surface area contributed by atoms with E-state index in [4.69, 9.17) is 10.00 Å². The summed E-state index contributed by atoms with van der Waals surface area (Å²) in [6.07, 6.45) is 1.67. The first kappa shape index (κ1) is 17.4. The third-order valence-corrected chi connectivity index (χ3v) is 4.62. The lowest BCUT2D eigenvalue weighted by Gasteiger charge is -2.12. The lowest BCUT2D eigenvalue weighted by Crippen LogP contribution is -2.20. The summed E-state index contributed by atoms with van der Waals surface area (Å²) >= 11 is 6.93. The quantitative estimate of drug-likeness (QED) is 0.614. The van der Waals surface area contributed by atoms with Gasteiger partial charge in [-0.1, -0.05) is 28.1 Å². The van der Waals surface area contributed by atoms with Crippen molar-refractivity contribution in [2.24, 2.45) is 0 Å². The first-order valence-corrected chi connectivity index (χ1v) is 8.82. The number of rotatable bonds is 4. The zero-order valence-electron chi connectivity index (χ0n) is 12.8. The van der Waals surface area contributed by atoms with E-state index < -0.39 is 0 Å². The molecular weight excluding hydrogens is 450 g/mol. The number of amides is 1. The van der Waals surface area contributed by atoms with Gasteiger partial charge < -0.3 is 10.1 Å². The van der Waals surface area contributed by atoms with Gasteiger partial charge in [0.2, 0.25) is 0 Å². The van der Waals surface area contributed by atoms with Crippen molar-refractivity contribution >= 4 is 54.4 Å². The van der Waals surface area contributed by atoms with E-state index in [1.165, 1.54) is 0 Å². The normalized spacial score (nSPS) is 10.3. The van der Waals surface area contributed by atoms with Crippen LogP contribution >= 0.6 is 31.9 Å². The number of pyridine rings is 1. The molecule has 1 N–H and O–H groups in total. The number of hydrogen-bond acceptors (Lipinski definition) is 4. The third-order valence-electron chi connectivity index (χ3n) is 3.37. The van der Waals surface area contributed by atoms with Gasteiger partial charge in [0.1, 0.15) is 5.52 Å². The molecule has 0 aliphatic carbocycles. The Hall–Kier alpha value is -2.43. The SMILES string of the molecule is N#Cc1cccc(NC(=O)COc2c(Br)cc(Br)c3cccnc23)c1. The van der Waals surface area contributed by atoms with E-state index in [9.17, 15) is 4.79 Å². The van der Waals surface area contributed by atoms with Crippen LogP contribution in [0.2, 0.25) is 0 Å². The maximum absolute atomic E-state index is 12.1. The molecule has 0 unspecified atom stereocenters. The molecule has 1 aromatic heterocycles. The Morgan fingerprint density at radius 2 is 2.04 bits per heavy atom. The minimum Gasteiger partial charge on any atom is -0.480 e. The van der Waals surface area contributed by atoms with Crippen molar-refractivity contribution in [2.75, 3.05) is 11.9 Å². The van der Waals surface area contributed by atoms with Gasteiger partial charge in [-0.05, 0) is 46.3 Å². The van der Waals surface area contributed by atoms with Crippen LogP contribution in [-0.2, 0) is 4.79 Å². The van der Waals surface area contributed by atoms with E-state index in [0.717, 1.165) is 9.86 Å². The van der Waals surface area contributed by atoms with Crippen molar-refractivity contribution in [2.45, 2.75) is 0 Å². The highest BCUT2D eigenvalue weighted by molar-refractivity contribution is 9.11. The summed E-state index contributed by atoms with van der Waals surface area (Å²) in [6.45, 7) is -0.178. The number of halogens is 2. The number of hydrogen-bond donors (Lipinski definition) is 1. The van der Waals surface area contributed by atoms with E-state index >= 15 is 0 Å². The van der Waals surface area contributed by atoms with Crippen molar-refractivity contribution in [1.82, 2.24) is 4.98 Å². The molecule has 25 heavy (non-hydrogen) atoms. The van der Waals surface area contributed by atoms with Crippen LogP contribution in [0, 0.1) is 11.3 Å². The average Bonchev–Trinajstić information content (AvgIpc) is 2.61. The molecule has 0 spiro atoms. The molecule has 2 aromatic carbocycles. The third kappa shape index (κ3) is 3.98. The van der Waals surface area contributed by atoms with Crippen LogP contribution in [0.5, 0.6) is 5.75 Å². The van der Waals surface area contributed by atoms with Crippen molar-refractivity contribution in [3.05, 3.63) is 63.2 Å². The highest BCUT2D eigenvalue weighted by Gasteiger charge is 2.13. The van der Waals surface area contributed by atoms with Gasteiger partial charge in [-0.3, -0.25) is 9.78 Å². The summed E-state index contributed by atoms with van der Waals surface area (Å²) in [5.41, 5.74) is 1.68. The molecule has 0 aliphatic heterocycles. The Labute approximate surface area is 160 Å². The van der Waals surface area contributed by atoms with Gasteiger partial charge >= 0.3 is 0 Å². The summed E-state index contributed by atoms with van der Waals surface area (Å²) in [5, 5.41) is 12.5. The summed E-state index contributed by atoms with van der Waals surface area (Å²) in [7, 11) is 0. The number of nitrogens with zero attached hydrogens (tertiary/aromatic N) is 2. The van der Waals surface area contributed by atoms with E-state index in [1.807, 2.05) is 24.3 Å². The maximum Gasteiger partial charge on any atom is 0.262 e. The largest absolute Gasteiger partial charge is 0.480 e. The van der Waals surface area contributed by atoms with E-state index in [-0.39, 0.29) is 12.5 Å². The fraction of sp³-hybridized carbons (Fsp3) is 0.0556. The van der Waals surface area contributed by atoms with Crippen LogP contribution in [0.3, 0.4) is 0 Å². The Morgan fingerprint density at radius 3 is 2.84 bits per heavy atom. The van der Waals surface area contributed by atoms with Gasteiger partial charge in [0.05, 0.1) is 16.1 Å². The first-order valence-electron chi connectivity index (χ1n) is 7.24. The summed E-state index contributed by atoms with van der Waals surface area (Å²) in [4.78, 5) is 16.5. The van der Waals surface area contributed by atoms with Gasteiger partial charge in [-0.2, -0.15) is 5.26 Å². The van der Waals surface area contributed by atoms with Crippen LogP contribution in [0.4, 0.5) is 5.69 Å². The molecule has 7 heteroatoms. The lowest BCUT2D eigenvalue weighted by molar-refractivity contribution is -0.118. The summed E-state index contributed by atoms with van der Waals surface area (Å²) in [5.74, 6) is 0.175. The highest BCUT2D eigenvalue weighted by Crippen LogP contribution is 2.37. The standard InChI is InChI=1S/C18H11Br2N3O2/c19-14-8-15(20)18(17-13(14)5-2-6-22-17)25-10-16(24)23-12-4-1-3-11(7-12)9-21/h1-8H,10H2,(H,23,24). The van der Waals surface area contributed by atoms with Crippen LogP contribution in [0.25, 0.3) is 10.9 Å². The number of carbonyl (C=O) groups is 1. The molecule has 0 bridgehead atoms. The number of fused-ring (bicyclic) bond motifs is 1. The Bertz CT molecular complexity index is 999. The fourth-order valence-electron chi connectivity index (χ4n) is 2.29. The number of benzene rings is 2. The number of carbonyl (C=O) groups excluding carboxylic acids is 1. The van der Waals surface area contributed by atoms with Gasteiger partial charge in [-0.15, -0.1) is 0 Å². The van der Waals surface area contributed by atoms with Gasteiger partial charge in [0.25, 0.3) is 5.91 Å². The Balaban J connectivity index is 1.76. The van der Waals surface area contributed by atoms with Gasteiger partial charge in [-0.25, -0.2) is 0 Å². The Kier molecular flexibility index (Phi) is 5.31. The molecule has 124 valence electrons. The summed E-state index contributed by atoms with van der Waals surface area (Å²) in [6, 6.07) is 14.3. The number of aromatic nitrogens is 1. The van der Waals surface area contributed by atoms with Crippen LogP contribution in [0.1, 0.15) is 5.56 Å². The molecule has 0 radical (unpaired) electrons. The summed E-state index contributed by atoms with van der Waals surface area (Å²) < 4.78 is 7.27. The van der Waals surface area contributed by atoms with Crippen LogP contribution < -0.4 is 10.1 Å². The van der Waals surface area contributed by atoms with Crippen molar-refractivity contribution in [3.8, 4) is 11.8 Å². The topological polar surface area (TPSA) is 75.0 Å². The van der Waals surface area contributed by atoms with E-state index in [0.29, 0.717) is 27.0 Å². The predicted molar refractivity (Wildman–Crippen MR) is 102 cm³/mol. The Morgan fingerprint density at radius 1 is 1.20 bits per heavy atom. The fourth-order valence-corrected chi connectivity index (χ4v) is 3.67. The smallest absolute Gasteiger partial charge is 0.262 e. The molecule has 0 saturated carbocycles. The highest BCUT2D eigenvalue weighted by atomic mass is 79.9. The maximum atomic E-state index is 12.1. The second-order valence-electron chi connectivity index (χ2n) is 5.10. The monoisotopic (exact) mass is 459 g/mol. The molecule has 1 amide bonds. The number of nitriles is 1. The predicted octanol–water partition coefficient (Wildman–Crippen LogP) is 4.65. The number of nitrogens with one attached hydrogen (secondary N) is 1. The molecule has 1 heterocycles. The molecule has 0 saturated heterocycles. The second-order valence-corrected chi connectivity index (χ2v) is 6.81. The zero-order valence-corrected chi connectivity index (χ0v) is 16.0. The van der Waals surface area contributed by atoms with Crippen molar-refractivity contribution < 1.29 is 9.53 Å². The van der Waals surface area contributed by atoms with Crippen LogP contribution in [0.15, 0.2) is 57.6 Å². The average molecular weight is 461 g/mol. The zero-order chi connectivity index (χ0) is 17.8.